The molecule has 1 rings (SSSR count). The summed E-state index contributed by atoms with van der Waals surface area (Å²) in [7, 11) is 1.67. The topological polar surface area (TPSA) is 38.7 Å². The second kappa shape index (κ2) is 7.63. The Hall–Kier alpha value is -0.610. The van der Waals surface area contributed by atoms with Crippen LogP contribution in [0.5, 0.6) is 0 Å². The van der Waals surface area contributed by atoms with E-state index in [0.717, 1.165) is 25.0 Å². The maximum Gasteiger partial charge on any atom is 0.181 e. The van der Waals surface area contributed by atoms with Gasteiger partial charge in [-0.05, 0) is 25.0 Å². The Balaban J connectivity index is 2.24. The molecule has 0 aliphatic carbocycles. The van der Waals surface area contributed by atoms with Gasteiger partial charge in [-0.2, -0.15) is 0 Å². The molecule has 0 saturated carbocycles. The molecule has 0 radical (unpaired) electrons. The second-order valence-electron chi connectivity index (χ2n) is 3.47. The number of aliphatic hydroxyl groups is 1. The van der Waals surface area contributed by atoms with Crippen LogP contribution < -0.4 is 0 Å². The molecule has 0 saturated heterocycles. The summed E-state index contributed by atoms with van der Waals surface area (Å²) in [4.78, 5) is 0. The lowest BCUT2D eigenvalue weighted by Crippen LogP contribution is -2.05. The molecule has 0 aliphatic heterocycles. The first-order chi connectivity index (χ1) is 7.74. The lowest BCUT2D eigenvalue weighted by Gasteiger charge is -2.12. The zero-order valence-electron chi connectivity index (χ0n) is 9.36. The molecule has 1 aromatic carbocycles. The van der Waals surface area contributed by atoms with Crippen molar-refractivity contribution in [3.05, 3.63) is 34.9 Å². The fourth-order valence-electron chi connectivity index (χ4n) is 1.27. The number of rotatable bonds is 7. The Kier molecular flexibility index (Phi) is 6.42. The van der Waals surface area contributed by atoms with Crippen molar-refractivity contribution in [3.63, 3.8) is 0 Å². The fourth-order valence-corrected chi connectivity index (χ4v) is 1.39. The summed E-state index contributed by atoms with van der Waals surface area (Å²) < 4.78 is 10.2. The number of benzene rings is 1. The Morgan fingerprint density at radius 1 is 1.19 bits per heavy atom. The molecule has 0 amide bonds. The number of hydrogen-bond donors (Lipinski definition) is 1. The van der Waals surface area contributed by atoms with Crippen molar-refractivity contribution < 1.29 is 14.6 Å². The Morgan fingerprint density at radius 3 is 2.44 bits per heavy atom. The van der Waals surface area contributed by atoms with Crippen molar-refractivity contribution in [2.24, 2.45) is 0 Å². The van der Waals surface area contributed by atoms with E-state index in [-0.39, 0.29) is 0 Å². The van der Waals surface area contributed by atoms with Gasteiger partial charge in [0.25, 0.3) is 0 Å². The van der Waals surface area contributed by atoms with Gasteiger partial charge < -0.3 is 14.6 Å². The second-order valence-corrected chi connectivity index (χ2v) is 3.91. The number of hydrogen-bond acceptors (Lipinski definition) is 3. The highest BCUT2D eigenvalue weighted by molar-refractivity contribution is 6.30. The molecular weight excluding hydrogens is 228 g/mol. The van der Waals surface area contributed by atoms with Gasteiger partial charge in [-0.25, -0.2) is 0 Å². The Bertz CT molecular complexity index is 287. The summed E-state index contributed by atoms with van der Waals surface area (Å²) >= 11 is 5.74. The first-order valence-corrected chi connectivity index (χ1v) is 5.66. The summed E-state index contributed by atoms with van der Waals surface area (Å²) in [6.07, 6.45) is 0.933. The number of methoxy groups -OCH3 is 1. The van der Waals surface area contributed by atoms with Crippen LogP contribution in [0.1, 0.15) is 24.7 Å². The molecule has 0 aromatic heterocycles. The number of aliphatic hydroxyl groups excluding tert-OH is 1. The zero-order valence-corrected chi connectivity index (χ0v) is 10.1. The zero-order chi connectivity index (χ0) is 11.8. The molecule has 90 valence electrons. The monoisotopic (exact) mass is 244 g/mol. The molecule has 1 N–H and O–H groups in total. The van der Waals surface area contributed by atoms with Gasteiger partial charge in [-0.1, -0.05) is 23.7 Å². The van der Waals surface area contributed by atoms with Gasteiger partial charge in [-0.15, -0.1) is 0 Å². The fraction of sp³-hybridized carbons (Fsp3) is 0.500. The van der Waals surface area contributed by atoms with Crippen LogP contribution in [0.3, 0.4) is 0 Å². The van der Waals surface area contributed by atoms with Gasteiger partial charge in [0.15, 0.2) is 6.29 Å². The quantitative estimate of drug-likeness (QED) is 0.592. The summed E-state index contributed by atoms with van der Waals surface area (Å²) in [6, 6.07) is 6.97. The van der Waals surface area contributed by atoms with Gasteiger partial charge in [-0.3, -0.25) is 0 Å². The maximum absolute atomic E-state index is 9.67. The van der Waals surface area contributed by atoms with Gasteiger partial charge in [0.1, 0.15) is 0 Å². The summed E-state index contributed by atoms with van der Waals surface area (Å²) in [6.45, 7) is 1.24. The standard InChI is InChI=1S/C12H17ClO3/c1-15-8-2-3-9-16-12(14)10-4-6-11(13)7-5-10/h4-7,12,14H,2-3,8-9H2,1H3. The summed E-state index contributed by atoms with van der Waals surface area (Å²) in [5.74, 6) is 0. The summed E-state index contributed by atoms with van der Waals surface area (Å²) in [5.41, 5.74) is 0.719. The normalized spacial score (nSPS) is 12.7. The predicted molar refractivity (Wildman–Crippen MR) is 63.5 cm³/mol. The van der Waals surface area contributed by atoms with E-state index in [0.29, 0.717) is 11.6 Å². The summed E-state index contributed by atoms with van der Waals surface area (Å²) in [5, 5.41) is 10.3. The average molecular weight is 245 g/mol. The third kappa shape index (κ3) is 4.94. The predicted octanol–water partition coefficient (Wildman–Crippen LogP) is 2.77. The first kappa shape index (κ1) is 13.5. The van der Waals surface area contributed by atoms with Gasteiger partial charge >= 0.3 is 0 Å². The van der Waals surface area contributed by atoms with Gasteiger partial charge in [0.2, 0.25) is 0 Å². The number of unbranched alkanes of at least 4 members (excludes halogenated alkanes) is 1. The molecule has 16 heavy (non-hydrogen) atoms. The SMILES string of the molecule is COCCCCOC(O)c1ccc(Cl)cc1. The van der Waals surface area contributed by atoms with Gasteiger partial charge in [0, 0.05) is 24.3 Å². The highest BCUT2D eigenvalue weighted by Crippen LogP contribution is 2.17. The van der Waals surface area contributed by atoms with E-state index < -0.39 is 6.29 Å². The third-order valence-corrected chi connectivity index (χ3v) is 2.43. The molecule has 1 atom stereocenters. The molecule has 0 spiro atoms. The van der Waals surface area contributed by atoms with Crippen LogP contribution in [0.2, 0.25) is 5.02 Å². The number of halogens is 1. The third-order valence-electron chi connectivity index (χ3n) is 2.17. The molecule has 0 bridgehead atoms. The lowest BCUT2D eigenvalue weighted by atomic mass is 10.2. The minimum Gasteiger partial charge on any atom is -0.385 e. The van der Waals surface area contributed by atoms with Crippen LogP contribution in [0.15, 0.2) is 24.3 Å². The molecule has 0 aliphatic rings. The van der Waals surface area contributed by atoms with E-state index in [2.05, 4.69) is 0 Å². The largest absolute Gasteiger partial charge is 0.385 e. The average Bonchev–Trinajstić information content (AvgIpc) is 2.29. The smallest absolute Gasteiger partial charge is 0.181 e. The van der Waals surface area contributed by atoms with Crippen LogP contribution in [0.25, 0.3) is 0 Å². The van der Waals surface area contributed by atoms with Crippen molar-refractivity contribution in [2.45, 2.75) is 19.1 Å². The maximum atomic E-state index is 9.67. The Labute approximate surface area is 101 Å². The minimum atomic E-state index is -0.875. The van der Waals surface area contributed by atoms with E-state index in [1.807, 2.05) is 0 Å². The first-order valence-electron chi connectivity index (χ1n) is 5.28. The highest BCUT2D eigenvalue weighted by Gasteiger charge is 2.06. The molecule has 0 fully saturated rings. The van der Waals surface area contributed by atoms with E-state index in [1.165, 1.54) is 0 Å². The van der Waals surface area contributed by atoms with Crippen LogP contribution in [0, 0.1) is 0 Å². The van der Waals surface area contributed by atoms with Crippen molar-refractivity contribution in [1.29, 1.82) is 0 Å². The number of ether oxygens (including phenoxy) is 2. The van der Waals surface area contributed by atoms with E-state index in [9.17, 15) is 5.11 Å². The minimum absolute atomic E-state index is 0.521. The Morgan fingerprint density at radius 2 is 1.81 bits per heavy atom. The highest BCUT2D eigenvalue weighted by atomic mass is 35.5. The molecule has 1 aromatic rings. The van der Waals surface area contributed by atoms with Crippen LogP contribution in [-0.4, -0.2) is 25.4 Å². The van der Waals surface area contributed by atoms with Crippen molar-refractivity contribution >= 4 is 11.6 Å². The van der Waals surface area contributed by atoms with Gasteiger partial charge in [0.05, 0.1) is 6.61 Å². The van der Waals surface area contributed by atoms with Crippen LogP contribution >= 0.6 is 11.6 Å². The van der Waals surface area contributed by atoms with Crippen LogP contribution in [0.4, 0.5) is 0 Å². The van der Waals surface area contributed by atoms with Crippen molar-refractivity contribution in [1.82, 2.24) is 0 Å². The molecule has 3 nitrogen and oxygen atoms in total. The van der Waals surface area contributed by atoms with Crippen molar-refractivity contribution in [2.75, 3.05) is 20.3 Å². The van der Waals surface area contributed by atoms with Crippen LogP contribution in [-0.2, 0) is 9.47 Å². The van der Waals surface area contributed by atoms with E-state index in [4.69, 9.17) is 21.1 Å². The van der Waals surface area contributed by atoms with E-state index >= 15 is 0 Å². The van der Waals surface area contributed by atoms with Crippen molar-refractivity contribution in [3.8, 4) is 0 Å². The molecule has 4 heteroatoms. The molecule has 0 heterocycles. The lowest BCUT2D eigenvalue weighted by molar-refractivity contribution is -0.104. The molecule has 1 unspecified atom stereocenters. The van der Waals surface area contributed by atoms with E-state index in [1.54, 1.807) is 31.4 Å². The molecular formula is C12H17ClO3.